The zero-order valence-electron chi connectivity index (χ0n) is 25.4. The van der Waals surface area contributed by atoms with Gasteiger partial charge in [0.1, 0.15) is 25.1 Å². The number of benzene rings is 3. The van der Waals surface area contributed by atoms with Crippen LogP contribution in [0.4, 0.5) is 18.0 Å². The lowest BCUT2D eigenvalue weighted by Crippen LogP contribution is -2.42. The average molecular weight is 657 g/mol. The number of nitrogens with one attached hydrogen (secondary N) is 1. The second-order valence-electron chi connectivity index (χ2n) is 10.9. The van der Waals surface area contributed by atoms with Crippen molar-refractivity contribution >= 4 is 24.0 Å². The van der Waals surface area contributed by atoms with Crippen molar-refractivity contribution in [3.63, 3.8) is 0 Å². The molecule has 1 saturated heterocycles. The molecular weight excluding hydrogens is 621 g/mol. The molecule has 0 aromatic heterocycles. The van der Waals surface area contributed by atoms with Crippen LogP contribution in [0.15, 0.2) is 72.8 Å². The van der Waals surface area contributed by atoms with Gasteiger partial charge in [0.15, 0.2) is 5.96 Å². The first-order valence-electron chi connectivity index (χ1n) is 14.8. The molecule has 250 valence electrons. The minimum absolute atomic E-state index is 0.0149. The highest BCUT2D eigenvalue weighted by molar-refractivity contribution is 5.89. The minimum Gasteiger partial charge on any atom is -0.490 e. The monoisotopic (exact) mass is 656 g/mol. The van der Waals surface area contributed by atoms with Gasteiger partial charge in [-0.3, -0.25) is 5.41 Å². The Morgan fingerprint density at radius 2 is 1.49 bits per heavy atom. The number of nitrogens with two attached hydrogens (primary N) is 1. The van der Waals surface area contributed by atoms with Crippen LogP contribution in [0, 0.1) is 5.41 Å². The van der Waals surface area contributed by atoms with Crippen LogP contribution in [-0.2, 0) is 40.4 Å². The molecule has 14 heteroatoms. The summed E-state index contributed by atoms with van der Waals surface area (Å²) in [5.41, 5.74) is 10.3. The molecule has 1 fully saturated rings. The number of carbonyl (C=O) groups excluding carboxylic acids is 2. The number of carbonyl (C=O) groups is 3. The molecule has 0 aliphatic carbocycles. The maximum absolute atomic E-state index is 12.6. The standard InChI is InChI=1S/C31H34N4O5.C2HF3O2/c32-30(33)35-15-12-24-7-6-23(18-26(24)19-35)21-38-29(36)25-8-10-27(11-9-25)40-28-13-16-34(17-14-28)31(37)39-20-22-4-2-1-3-5-22;3-2(4,5)1(6)7/h1-11,18,28H,12-17,19-21H2,(H3,32,33);(H,6,7). The molecule has 0 atom stereocenters. The van der Waals surface area contributed by atoms with E-state index in [9.17, 15) is 22.8 Å². The Bertz CT molecular complexity index is 1540. The van der Waals surface area contributed by atoms with Crippen LogP contribution in [0.3, 0.4) is 0 Å². The first-order valence-corrected chi connectivity index (χ1v) is 14.8. The summed E-state index contributed by atoms with van der Waals surface area (Å²) in [6, 6.07) is 22.6. The fraction of sp³-hybridized carbons (Fsp3) is 0.333. The van der Waals surface area contributed by atoms with E-state index in [1.807, 2.05) is 47.4 Å². The normalized spacial score (nSPS) is 14.6. The highest BCUT2D eigenvalue weighted by Gasteiger charge is 2.38. The first kappa shape index (κ1) is 34.6. The van der Waals surface area contributed by atoms with Gasteiger partial charge < -0.3 is 34.9 Å². The van der Waals surface area contributed by atoms with Crippen LogP contribution in [0.5, 0.6) is 5.75 Å². The van der Waals surface area contributed by atoms with Gasteiger partial charge in [-0.1, -0.05) is 48.5 Å². The molecule has 0 saturated carbocycles. The third-order valence-electron chi connectivity index (χ3n) is 7.53. The fourth-order valence-electron chi connectivity index (χ4n) is 4.97. The lowest BCUT2D eigenvalue weighted by atomic mass is 9.98. The number of rotatable bonds is 7. The zero-order chi connectivity index (χ0) is 34.0. The molecule has 3 aromatic carbocycles. The number of nitrogens with zero attached hydrogens (tertiary/aromatic N) is 2. The fourth-order valence-corrected chi connectivity index (χ4v) is 4.97. The van der Waals surface area contributed by atoms with Crippen molar-refractivity contribution in [1.29, 1.82) is 5.41 Å². The van der Waals surface area contributed by atoms with Crippen molar-refractivity contribution in [3.8, 4) is 5.75 Å². The van der Waals surface area contributed by atoms with Gasteiger partial charge in [0.25, 0.3) is 0 Å². The molecule has 2 aliphatic heterocycles. The third-order valence-corrected chi connectivity index (χ3v) is 7.53. The smallest absolute Gasteiger partial charge is 0.490 e. The van der Waals surface area contributed by atoms with Crippen LogP contribution in [0.2, 0.25) is 0 Å². The van der Waals surface area contributed by atoms with E-state index in [4.69, 9.17) is 35.3 Å². The van der Waals surface area contributed by atoms with Crippen LogP contribution >= 0.6 is 0 Å². The van der Waals surface area contributed by atoms with Gasteiger partial charge >= 0.3 is 24.2 Å². The van der Waals surface area contributed by atoms with Gasteiger partial charge in [0, 0.05) is 39.0 Å². The Kier molecular flexibility index (Phi) is 11.7. The van der Waals surface area contributed by atoms with Crippen LogP contribution < -0.4 is 10.5 Å². The number of amides is 1. The van der Waals surface area contributed by atoms with E-state index in [0.29, 0.717) is 43.8 Å². The predicted molar refractivity (Wildman–Crippen MR) is 164 cm³/mol. The van der Waals surface area contributed by atoms with Gasteiger partial charge in [0.2, 0.25) is 0 Å². The number of alkyl halides is 3. The highest BCUT2D eigenvalue weighted by Crippen LogP contribution is 2.23. The lowest BCUT2D eigenvalue weighted by Gasteiger charge is -2.31. The largest absolute Gasteiger partial charge is 0.490 e. The molecule has 5 rings (SSSR count). The number of fused-ring (bicyclic) bond motifs is 1. The van der Waals surface area contributed by atoms with E-state index in [-0.39, 0.29) is 31.4 Å². The maximum Gasteiger partial charge on any atom is 0.490 e. The van der Waals surface area contributed by atoms with Crippen LogP contribution in [0.25, 0.3) is 0 Å². The summed E-state index contributed by atoms with van der Waals surface area (Å²) < 4.78 is 48.8. The van der Waals surface area contributed by atoms with Gasteiger partial charge in [-0.05, 0) is 52.9 Å². The van der Waals surface area contributed by atoms with E-state index in [1.165, 1.54) is 5.56 Å². The van der Waals surface area contributed by atoms with Gasteiger partial charge in [-0.15, -0.1) is 0 Å². The Labute approximate surface area is 269 Å². The molecule has 47 heavy (non-hydrogen) atoms. The van der Waals surface area contributed by atoms with Gasteiger partial charge in [0.05, 0.1) is 5.56 Å². The number of ether oxygens (including phenoxy) is 3. The lowest BCUT2D eigenvalue weighted by molar-refractivity contribution is -0.192. The maximum atomic E-state index is 12.6. The summed E-state index contributed by atoms with van der Waals surface area (Å²) in [5, 5.41) is 14.8. The molecule has 11 nitrogen and oxygen atoms in total. The Balaban J connectivity index is 0.000000644. The summed E-state index contributed by atoms with van der Waals surface area (Å²) >= 11 is 0. The van der Waals surface area contributed by atoms with Crippen molar-refractivity contribution in [2.24, 2.45) is 5.73 Å². The van der Waals surface area contributed by atoms with Crippen molar-refractivity contribution < 1.29 is 46.9 Å². The molecule has 3 aromatic rings. The Morgan fingerprint density at radius 1 is 0.851 bits per heavy atom. The van der Waals surface area contributed by atoms with E-state index in [0.717, 1.165) is 29.7 Å². The SMILES string of the molecule is N=C(N)N1CCc2ccc(COC(=O)c3ccc(OC4CCN(C(=O)OCc5ccccc5)CC4)cc3)cc2C1.O=C(O)C(F)(F)F. The number of guanidine groups is 1. The van der Waals surface area contributed by atoms with Crippen molar-refractivity contribution in [3.05, 3.63) is 101 Å². The van der Waals surface area contributed by atoms with Crippen molar-refractivity contribution in [2.45, 2.75) is 51.3 Å². The molecule has 0 bridgehead atoms. The number of carboxylic acids is 1. The molecule has 2 heterocycles. The number of aliphatic carboxylic acids is 1. The second kappa shape index (κ2) is 15.8. The number of carboxylic acid groups (broad SMARTS) is 1. The Hall–Kier alpha value is -5.27. The first-order chi connectivity index (χ1) is 22.4. The molecule has 0 spiro atoms. The van der Waals surface area contributed by atoms with E-state index >= 15 is 0 Å². The zero-order valence-corrected chi connectivity index (χ0v) is 25.4. The topological polar surface area (TPSA) is 155 Å². The quantitative estimate of drug-likeness (QED) is 0.179. The summed E-state index contributed by atoms with van der Waals surface area (Å²) in [6.07, 6.45) is -3.16. The predicted octanol–water partition coefficient (Wildman–Crippen LogP) is 5.11. The number of esters is 1. The number of hydrogen-bond acceptors (Lipinski definition) is 7. The molecule has 1 amide bonds. The number of piperidine rings is 1. The highest BCUT2D eigenvalue weighted by atomic mass is 19.4. The Morgan fingerprint density at radius 3 is 2.11 bits per heavy atom. The third kappa shape index (κ3) is 10.4. The molecule has 4 N–H and O–H groups in total. The van der Waals surface area contributed by atoms with E-state index < -0.39 is 18.1 Å². The van der Waals surface area contributed by atoms with E-state index in [1.54, 1.807) is 29.2 Å². The molecule has 0 radical (unpaired) electrons. The number of halogens is 3. The molecule has 2 aliphatic rings. The van der Waals surface area contributed by atoms with Gasteiger partial charge in [-0.25, -0.2) is 14.4 Å². The minimum atomic E-state index is -5.08. The summed E-state index contributed by atoms with van der Waals surface area (Å²) in [7, 11) is 0. The molecular formula is C33H35F3N4O7. The number of hydrogen-bond donors (Lipinski definition) is 3. The average Bonchev–Trinajstić information content (AvgIpc) is 3.06. The van der Waals surface area contributed by atoms with Crippen molar-refractivity contribution in [2.75, 3.05) is 19.6 Å². The number of likely N-dealkylation sites (tertiary alicyclic amines) is 1. The van der Waals surface area contributed by atoms with Crippen molar-refractivity contribution in [1.82, 2.24) is 9.80 Å². The van der Waals surface area contributed by atoms with Crippen LogP contribution in [0.1, 0.15) is 45.5 Å². The summed E-state index contributed by atoms with van der Waals surface area (Å²) in [4.78, 5) is 37.4. The summed E-state index contributed by atoms with van der Waals surface area (Å²) in [6.45, 7) is 2.88. The molecule has 0 unspecified atom stereocenters. The second-order valence-corrected chi connectivity index (χ2v) is 10.9. The summed E-state index contributed by atoms with van der Waals surface area (Å²) in [5.74, 6) is -2.42. The van der Waals surface area contributed by atoms with Crippen LogP contribution in [-0.4, -0.2) is 70.8 Å². The van der Waals surface area contributed by atoms with E-state index in [2.05, 4.69) is 6.07 Å². The van der Waals surface area contributed by atoms with Gasteiger partial charge in [-0.2, -0.15) is 13.2 Å².